The first-order valence-corrected chi connectivity index (χ1v) is 6.17. The lowest BCUT2D eigenvalue weighted by Crippen LogP contribution is -2.01. The predicted octanol–water partition coefficient (Wildman–Crippen LogP) is 3.71. The van der Waals surface area contributed by atoms with Crippen LogP contribution in [0.5, 0.6) is 5.95 Å². The Morgan fingerprint density at radius 2 is 1.75 bits per heavy atom. The Morgan fingerprint density at radius 1 is 1.05 bits per heavy atom. The highest BCUT2D eigenvalue weighted by Crippen LogP contribution is 2.32. The SMILES string of the molecule is O=C(O)c1c(OCc2ccccc2)oc2ccccc12. The number of rotatable bonds is 4. The Kier molecular flexibility index (Phi) is 3.13. The molecule has 4 nitrogen and oxygen atoms in total. The Morgan fingerprint density at radius 3 is 2.50 bits per heavy atom. The van der Waals surface area contributed by atoms with E-state index in [0.29, 0.717) is 11.0 Å². The van der Waals surface area contributed by atoms with Gasteiger partial charge in [0.2, 0.25) is 0 Å². The van der Waals surface area contributed by atoms with Crippen molar-refractivity contribution in [3.05, 3.63) is 65.7 Å². The first-order valence-electron chi connectivity index (χ1n) is 6.17. The molecule has 0 bridgehead atoms. The highest BCUT2D eigenvalue weighted by Gasteiger charge is 2.21. The molecule has 0 radical (unpaired) electrons. The Bertz CT molecular complexity index is 744. The van der Waals surface area contributed by atoms with E-state index < -0.39 is 5.97 Å². The molecule has 100 valence electrons. The molecule has 20 heavy (non-hydrogen) atoms. The van der Waals surface area contributed by atoms with E-state index in [-0.39, 0.29) is 18.1 Å². The molecule has 0 atom stereocenters. The monoisotopic (exact) mass is 268 g/mol. The maximum atomic E-state index is 11.4. The van der Waals surface area contributed by atoms with Gasteiger partial charge in [-0.25, -0.2) is 4.79 Å². The topological polar surface area (TPSA) is 59.7 Å². The molecule has 0 aliphatic heterocycles. The zero-order chi connectivity index (χ0) is 13.9. The summed E-state index contributed by atoms with van der Waals surface area (Å²) in [5.74, 6) is -1.01. The molecule has 0 unspecified atom stereocenters. The molecule has 4 heteroatoms. The summed E-state index contributed by atoms with van der Waals surface area (Å²) in [6.45, 7) is 0.265. The number of furan rings is 1. The summed E-state index contributed by atoms with van der Waals surface area (Å²) in [6, 6.07) is 16.5. The molecule has 0 spiro atoms. The van der Waals surface area contributed by atoms with Crippen molar-refractivity contribution in [2.45, 2.75) is 6.61 Å². The molecule has 0 aliphatic carbocycles. The summed E-state index contributed by atoms with van der Waals surface area (Å²) >= 11 is 0. The predicted molar refractivity (Wildman–Crippen MR) is 73.9 cm³/mol. The van der Waals surface area contributed by atoms with Gasteiger partial charge in [0.05, 0.1) is 0 Å². The summed E-state index contributed by atoms with van der Waals surface area (Å²) < 4.78 is 11.0. The van der Waals surface area contributed by atoms with Gasteiger partial charge in [-0.1, -0.05) is 48.5 Å². The van der Waals surface area contributed by atoms with Crippen molar-refractivity contribution in [1.82, 2.24) is 0 Å². The number of ether oxygens (including phenoxy) is 1. The van der Waals surface area contributed by atoms with Crippen LogP contribution in [0.1, 0.15) is 15.9 Å². The van der Waals surface area contributed by atoms with Crippen LogP contribution < -0.4 is 4.74 Å². The average Bonchev–Trinajstić information content (AvgIpc) is 2.84. The minimum atomic E-state index is -1.06. The third kappa shape index (κ3) is 2.23. The van der Waals surface area contributed by atoms with Crippen molar-refractivity contribution in [3.63, 3.8) is 0 Å². The van der Waals surface area contributed by atoms with Crippen LogP contribution in [0, 0.1) is 0 Å². The fraction of sp³-hybridized carbons (Fsp3) is 0.0625. The molecule has 1 heterocycles. The zero-order valence-electron chi connectivity index (χ0n) is 10.6. The smallest absolute Gasteiger partial charge is 0.343 e. The Balaban J connectivity index is 1.95. The lowest BCUT2D eigenvalue weighted by atomic mass is 10.2. The van der Waals surface area contributed by atoms with Crippen molar-refractivity contribution in [3.8, 4) is 5.95 Å². The minimum absolute atomic E-state index is 0.0440. The molecule has 3 rings (SSSR count). The van der Waals surface area contributed by atoms with E-state index in [4.69, 9.17) is 9.15 Å². The molecule has 2 aromatic carbocycles. The molecule has 3 aromatic rings. The van der Waals surface area contributed by atoms with Gasteiger partial charge in [-0.2, -0.15) is 0 Å². The van der Waals surface area contributed by atoms with Crippen molar-refractivity contribution in [1.29, 1.82) is 0 Å². The number of carbonyl (C=O) groups is 1. The average molecular weight is 268 g/mol. The van der Waals surface area contributed by atoms with E-state index >= 15 is 0 Å². The van der Waals surface area contributed by atoms with Gasteiger partial charge in [0.1, 0.15) is 12.2 Å². The normalized spacial score (nSPS) is 10.6. The van der Waals surface area contributed by atoms with Crippen LogP contribution in [0.25, 0.3) is 11.0 Å². The van der Waals surface area contributed by atoms with E-state index in [9.17, 15) is 9.90 Å². The van der Waals surface area contributed by atoms with E-state index in [1.165, 1.54) is 0 Å². The van der Waals surface area contributed by atoms with Crippen molar-refractivity contribution >= 4 is 16.9 Å². The van der Waals surface area contributed by atoms with Gasteiger partial charge in [0.25, 0.3) is 0 Å². The van der Waals surface area contributed by atoms with Crippen LogP contribution in [0.15, 0.2) is 59.0 Å². The lowest BCUT2D eigenvalue weighted by molar-refractivity contribution is 0.0690. The van der Waals surface area contributed by atoms with Gasteiger partial charge in [-0.15, -0.1) is 0 Å². The maximum Gasteiger partial charge on any atom is 0.343 e. The van der Waals surface area contributed by atoms with Crippen LogP contribution in [-0.2, 0) is 6.61 Å². The second-order valence-corrected chi connectivity index (χ2v) is 4.34. The second kappa shape index (κ2) is 5.09. The van der Waals surface area contributed by atoms with Crippen molar-refractivity contribution < 1.29 is 19.1 Å². The van der Waals surface area contributed by atoms with Gasteiger partial charge in [0.15, 0.2) is 5.56 Å². The Hall–Kier alpha value is -2.75. The first-order chi connectivity index (χ1) is 9.75. The fourth-order valence-corrected chi connectivity index (χ4v) is 2.05. The molecular weight excluding hydrogens is 256 g/mol. The van der Waals surface area contributed by atoms with Gasteiger partial charge in [0, 0.05) is 5.39 Å². The maximum absolute atomic E-state index is 11.4. The largest absolute Gasteiger partial charge is 0.477 e. The van der Waals surface area contributed by atoms with Crippen molar-refractivity contribution in [2.75, 3.05) is 0 Å². The van der Waals surface area contributed by atoms with Crippen LogP contribution >= 0.6 is 0 Å². The van der Waals surface area contributed by atoms with Crippen LogP contribution in [-0.4, -0.2) is 11.1 Å². The molecular formula is C16H12O4. The number of hydrogen-bond acceptors (Lipinski definition) is 3. The second-order valence-electron chi connectivity index (χ2n) is 4.34. The molecule has 1 N–H and O–H groups in total. The van der Waals surface area contributed by atoms with Crippen molar-refractivity contribution in [2.24, 2.45) is 0 Å². The third-order valence-electron chi connectivity index (χ3n) is 2.99. The quantitative estimate of drug-likeness (QED) is 0.783. The lowest BCUT2D eigenvalue weighted by Gasteiger charge is -2.03. The zero-order valence-corrected chi connectivity index (χ0v) is 10.6. The summed E-state index contributed by atoms with van der Waals surface area (Å²) in [6.07, 6.45) is 0. The number of para-hydroxylation sites is 1. The van der Waals surface area contributed by atoms with E-state index in [0.717, 1.165) is 5.56 Å². The van der Waals surface area contributed by atoms with Gasteiger partial charge < -0.3 is 14.3 Å². The highest BCUT2D eigenvalue weighted by atomic mass is 16.6. The summed E-state index contributed by atoms with van der Waals surface area (Å²) in [4.78, 5) is 11.4. The molecule has 0 aliphatic rings. The summed E-state index contributed by atoms with van der Waals surface area (Å²) in [7, 11) is 0. The molecule has 1 aromatic heterocycles. The van der Waals surface area contributed by atoms with Gasteiger partial charge >= 0.3 is 11.9 Å². The fourth-order valence-electron chi connectivity index (χ4n) is 2.05. The van der Waals surface area contributed by atoms with Gasteiger partial charge in [-0.05, 0) is 11.6 Å². The molecule has 0 amide bonds. The van der Waals surface area contributed by atoms with E-state index in [1.54, 1.807) is 24.3 Å². The Labute approximate surface area is 115 Å². The number of fused-ring (bicyclic) bond motifs is 1. The van der Waals surface area contributed by atoms with Gasteiger partial charge in [-0.3, -0.25) is 0 Å². The van der Waals surface area contributed by atoms with Crippen LogP contribution in [0.4, 0.5) is 0 Å². The summed E-state index contributed by atoms with van der Waals surface area (Å²) in [5.41, 5.74) is 1.52. The molecule has 0 fully saturated rings. The standard InChI is InChI=1S/C16H12O4/c17-15(18)14-12-8-4-5-9-13(12)20-16(14)19-10-11-6-2-1-3-7-11/h1-9H,10H2,(H,17,18). The highest BCUT2D eigenvalue weighted by molar-refractivity contribution is 6.04. The molecule has 0 saturated heterocycles. The van der Waals surface area contributed by atoms with E-state index in [2.05, 4.69) is 0 Å². The molecule has 0 saturated carbocycles. The van der Waals surface area contributed by atoms with Crippen LogP contribution in [0.3, 0.4) is 0 Å². The van der Waals surface area contributed by atoms with E-state index in [1.807, 2.05) is 30.3 Å². The number of benzene rings is 2. The number of aromatic carboxylic acids is 1. The number of hydrogen-bond donors (Lipinski definition) is 1. The minimum Gasteiger partial charge on any atom is -0.477 e. The number of carboxylic acids is 1. The van der Waals surface area contributed by atoms with Crippen LogP contribution in [0.2, 0.25) is 0 Å². The summed E-state index contributed by atoms with van der Waals surface area (Å²) in [5, 5.41) is 9.85. The first kappa shape index (κ1) is 12.3. The number of carboxylic acid groups (broad SMARTS) is 1. The third-order valence-corrected chi connectivity index (χ3v) is 2.99.